The number of nitrogens with one attached hydrogen (secondary N) is 6. The molecule has 28 heteroatoms. The van der Waals surface area contributed by atoms with E-state index >= 15 is 0 Å². The summed E-state index contributed by atoms with van der Waals surface area (Å²) in [6, 6.07) is 8.77. The molecule has 3 fully saturated rings. The van der Waals surface area contributed by atoms with E-state index in [0.29, 0.717) is 136 Å². The fourth-order valence-corrected chi connectivity index (χ4v) is 14.0. The molecule has 0 aromatic heterocycles. The quantitative estimate of drug-likeness (QED) is 0.0195. The highest BCUT2D eigenvalue weighted by atomic mass is 16.6. The normalized spacial score (nSPS) is 18.7. The van der Waals surface area contributed by atoms with Crippen molar-refractivity contribution in [3.63, 3.8) is 0 Å². The molecule has 113 heavy (non-hydrogen) atoms. The van der Waals surface area contributed by atoms with Gasteiger partial charge in [-0.25, -0.2) is 14.4 Å². The van der Waals surface area contributed by atoms with E-state index in [2.05, 4.69) is 31.9 Å². The predicted octanol–water partition coefficient (Wildman–Crippen LogP) is 8.87. The lowest BCUT2D eigenvalue weighted by atomic mass is 9.81. The van der Waals surface area contributed by atoms with Crippen LogP contribution in [-0.2, 0) is 82.8 Å². The van der Waals surface area contributed by atoms with Gasteiger partial charge in [0.15, 0.2) is 0 Å². The van der Waals surface area contributed by atoms with Crippen LogP contribution in [0.25, 0.3) is 10.8 Å². The average molecular weight is 1590 g/mol. The number of unbranched alkanes of at least 4 members (excludes halogenated alkanes) is 2. The minimum absolute atomic E-state index is 0.0139. The van der Waals surface area contributed by atoms with Gasteiger partial charge in [0.05, 0.1) is 26.2 Å². The number of nitrogens with zero attached hydrogens (tertiary/aromatic N) is 4. The summed E-state index contributed by atoms with van der Waals surface area (Å²) in [5.41, 5.74) is 2.91. The third kappa shape index (κ3) is 41.6. The van der Waals surface area contributed by atoms with Gasteiger partial charge in [-0.05, 0) is 229 Å². The minimum atomic E-state index is -1.26. The van der Waals surface area contributed by atoms with E-state index < -0.39 is 112 Å². The summed E-state index contributed by atoms with van der Waals surface area (Å²) in [6.45, 7) is 30.0. The minimum Gasteiger partial charge on any atom is -0.461 e. The first-order valence-corrected chi connectivity index (χ1v) is 41.7. The van der Waals surface area contributed by atoms with E-state index in [-0.39, 0.29) is 82.2 Å². The molecule has 2 aromatic carbocycles. The van der Waals surface area contributed by atoms with Crippen LogP contribution in [0.2, 0.25) is 0 Å². The van der Waals surface area contributed by atoms with Crippen molar-refractivity contribution in [3.05, 3.63) is 48.0 Å². The Bertz CT molecular complexity index is 3290. The largest absolute Gasteiger partial charge is 0.461 e. The molecule has 5 rings (SSSR count). The van der Waals surface area contributed by atoms with Crippen molar-refractivity contribution in [2.24, 2.45) is 17.6 Å². The molecule has 4 atom stereocenters. The van der Waals surface area contributed by atoms with E-state index in [4.69, 9.17) is 34.2 Å². The molecule has 2 saturated carbocycles. The van der Waals surface area contributed by atoms with E-state index in [1.807, 2.05) is 62.1 Å². The molecular formula is C85H141N11O17. The Hall–Kier alpha value is -7.53. The zero-order valence-corrected chi connectivity index (χ0v) is 71.1. The Balaban J connectivity index is 1.24. The molecule has 1 saturated heterocycles. The van der Waals surface area contributed by atoms with Crippen LogP contribution < -0.4 is 37.6 Å². The van der Waals surface area contributed by atoms with E-state index in [1.165, 1.54) is 6.42 Å². The Kier molecular flexibility index (Phi) is 40.4. The van der Waals surface area contributed by atoms with Gasteiger partial charge >= 0.3 is 41.8 Å². The molecule has 3 aliphatic rings. The molecule has 0 unspecified atom stereocenters. The van der Waals surface area contributed by atoms with Gasteiger partial charge in [0, 0.05) is 84.2 Å². The Morgan fingerprint density at radius 2 is 0.876 bits per heavy atom. The number of rotatable bonds is 34. The van der Waals surface area contributed by atoms with Crippen molar-refractivity contribution >= 4 is 76.2 Å². The molecule has 8 N–H and O–H groups in total. The summed E-state index contributed by atoms with van der Waals surface area (Å²) in [5.74, 6) is -4.97. The number of benzene rings is 2. The molecule has 6 amide bonds. The SMILES string of the molecule is CC(C)(C)OC(=O)CC[C@@H](NC(=O)N[C@H](CCCCNC(=O)[C@@H](Cc1ccc2ccccc2c1)NC(=O)C1CCC(CNC(=O)[C@H](CCCCN)NC(=O)CN2CCN(CC(=O)OC(C)(C)C)CCN(CC(=O)OC(C)(C)C)CCN(CC(=O)OC(C)(C)C)CC2)CC1)C(=O)OC1CCCCCCCCC1)C(=O)OC(C)(C)C. The monoisotopic (exact) mass is 1590 g/mol. The van der Waals surface area contributed by atoms with Crippen LogP contribution in [0.1, 0.15) is 244 Å². The van der Waals surface area contributed by atoms with Gasteiger partial charge in [-0.2, -0.15) is 0 Å². The molecule has 0 spiro atoms. The van der Waals surface area contributed by atoms with Gasteiger partial charge in [-0.15, -0.1) is 0 Å². The number of carbonyl (C=O) groups excluding carboxylic acids is 11. The van der Waals surface area contributed by atoms with Gasteiger partial charge in [0.25, 0.3) is 0 Å². The van der Waals surface area contributed by atoms with Gasteiger partial charge in [0.1, 0.15) is 58.3 Å². The summed E-state index contributed by atoms with van der Waals surface area (Å²) in [6.07, 6.45) is 12.8. The van der Waals surface area contributed by atoms with Crippen LogP contribution in [0, 0.1) is 11.8 Å². The Labute approximate surface area is 673 Å². The highest BCUT2D eigenvalue weighted by molar-refractivity contribution is 5.91. The van der Waals surface area contributed by atoms with Crippen molar-refractivity contribution in [3.8, 4) is 0 Å². The first-order valence-electron chi connectivity index (χ1n) is 41.7. The van der Waals surface area contributed by atoms with Gasteiger partial charge in [0.2, 0.25) is 23.6 Å². The molecule has 0 bridgehead atoms. The predicted molar refractivity (Wildman–Crippen MR) is 435 cm³/mol. The first-order chi connectivity index (χ1) is 53.1. The van der Waals surface area contributed by atoms with E-state index in [1.54, 1.807) is 104 Å². The molecule has 0 radical (unpaired) electrons. The molecule has 2 aromatic rings. The number of carbonyl (C=O) groups is 11. The van der Waals surface area contributed by atoms with E-state index in [9.17, 15) is 52.7 Å². The fourth-order valence-electron chi connectivity index (χ4n) is 14.0. The summed E-state index contributed by atoms with van der Waals surface area (Å²) in [5, 5.41) is 19.7. The zero-order valence-electron chi connectivity index (χ0n) is 71.1. The van der Waals surface area contributed by atoms with Crippen LogP contribution >= 0.6 is 0 Å². The summed E-state index contributed by atoms with van der Waals surface area (Å²) < 4.78 is 34.5. The van der Waals surface area contributed by atoms with Crippen molar-refractivity contribution in [2.45, 2.75) is 303 Å². The third-order valence-corrected chi connectivity index (χ3v) is 19.6. The van der Waals surface area contributed by atoms with Crippen molar-refractivity contribution < 1.29 is 81.2 Å². The number of hydrogen-bond acceptors (Lipinski definition) is 22. The van der Waals surface area contributed by atoms with Crippen LogP contribution in [0.4, 0.5) is 4.79 Å². The van der Waals surface area contributed by atoms with Gasteiger partial charge in [-0.3, -0.25) is 58.0 Å². The third-order valence-electron chi connectivity index (χ3n) is 19.6. The van der Waals surface area contributed by atoms with Gasteiger partial charge < -0.3 is 66.1 Å². The molecule has 638 valence electrons. The van der Waals surface area contributed by atoms with Crippen LogP contribution in [0.5, 0.6) is 0 Å². The summed E-state index contributed by atoms with van der Waals surface area (Å²) >= 11 is 0. The molecule has 2 aliphatic carbocycles. The van der Waals surface area contributed by atoms with Gasteiger partial charge in [-0.1, -0.05) is 74.6 Å². The van der Waals surface area contributed by atoms with Crippen molar-refractivity contribution in [2.75, 3.05) is 98.2 Å². The molecule has 1 heterocycles. The average Bonchev–Trinajstić information content (AvgIpc) is 0.833. The molecular weight excluding hydrogens is 1450 g/mol. The maximum atomic E-state index is 14.5. The Morgan fingerprint density at radius 3 is 1.37 bits per heavy atom. The number of urea groups is 1. The van der Waals surface area contributed by atoms with Crippen molar-refractivity contribution in [1.29, 1.82) is 0 Å². The van der Waals surface area contributed by atoms with Crippen LogP contribution in [0.15, 0.2) is 42.5 Å². The second-order valence-electron chi connectivity index (χ2n) is 36.0. The number of ether oxygens (including phenoxy) is 6. The smallest absolute Gasteiger partial charge is 0.329 e. The highest BCUT2D eigenvalue weighted by Crippen LogP contribution is 2.30. The molecule has 1 aliphatic heterocycles. The number of hydrogen-bond donors (Lipinski definition) is 7. The number of esters is 6. The number of fused-ring (bicyclic) bond motifs is 1. The maximum Gasteiger partial charge on any atom is 0.329 e. The fraction of sp³-hybridized carbons (Fsp3) is 0.753. The van der Waals surface area contributed by atoms with Crippen LogP contribution in [-0.4, -0.2) is 242 Å². The summed E-state index contributed by atoms with van der Waals surface area (Å²) in [7, 11) is 0. The second kappa shape index (κ2) is 47.5. The lowest BCUT2D eigenvalue weighted by Gasteiger charge is -2.34. The Morgan fingerprint density at radius 1 is 0.434 bits per heavy atom. The lowest BCUT2D eigenvalue weighted by Crippen LogP contribution is -2.53. The number of nitrogens with two attached hydrogens (primary N) is 1. The second-order valence-corrected chi connectivity index (χ2v) is 36.0. The lowest BCUT2D eigenvalue weighted by molar-refractivity contribution is -0.159. The number of amides is 6. The van der Waals surface area contributed by atoms with Crippen LogP contribution in [0.3, 0.4) is 0 Å². The maximum absolute atomic E-state index is 14.5. The standard InChI is InChI=1S/C85H141N11O17/c1-81(2,3)109-71(98)42-41-68(79(106)113-85(13,14)15)92-80(107)91-67(78(105)108-65-31-21-19-17-16-18-20-22-32-65)34-26-28-44-87-77(104)69(54-61-37-38-62-29-23-24-30-64(62)53-61)90-75(102)63-39-35-60(36-40-63)55-88-76(103)66(33-25-27-43-86)89-70(97)56-93-45-47-94(57-72(99)110-82(4,5)6)49-51-96(59-74(101)112-84(10,11)12)52-50-95(48-46-93)58-73(100)111-83(7,8)9/h23-24,29-30,37-38,53,60,63,65-69H,16-22,25-28,31-36,39-52,54-59,86H2,1-15H3,(H,87,104)(H,88,103)(H,89,97)(H,90,102)(H2,91,92,107)/t60?,63?,66-,67+,68+,69+/m0/s1. The summed E-state index contributed by atoms with van der Waals surface area (Å²) in [4.78, 5) is 160. The van der Waals surface area contributed by atoms with E-state index in [0.717, 1.165) is 54.9 Å². The first kappa shape index (κ1) is 96.1. The topological polar surface area (TPSA) is 354 Å². The van der Waals surface area contributed by atoms with Crippen molar-refractivity contribution in [1.82, 2.24) is 51.5 Å². The zero-order chi connectivity index (χ0) is 83.5. The highest BCUT2D eigenvalue weighted by Gasteiger charge is 2.35. The molecule has 28 nitrogen and oxygen atoms in total.